The van der Waals surface area contributed by atoms with Gasteiger partial charge in [0.2, 0.25) is 5.91 Å². The Morgan fingerprint density at radius 2 is 2.14 bits per heavy atom. The first-order chi connectivity index (χ1) is 13.7. The lowest BCUT2D eigenvalue weighted by Gasteiger charge is -2.47. The van der Waals surface area contributed by atoms with E-state index in [1.165, 1.54) is 12.8 Å². The maximum absolute atomic E-state index is 13.1. The molecule has 2 aliphatic heterocycles. The zero-order valence-electron chi connectivity index (χ0n) is 16.1. The van der Waals surface area contributed by atoms with Crippen molar-refractivity contribution in [1.82, 2.24) is 24.3 Å². The lowest BCUT2D eigenvalue weighted by Crippen LogP contribution is -2.57. The van der Waals surface area contributed by atoms with Crippen molar-refractivity contribution in [1.29, 1.82) is 0 Å². The number of carbonyl (C=O) groups is 2. The number of imidazole rings is 1. The lowest BCUT2D eigenvalue weighted by atomic mass is 9.83. The van der Waals surface area contributed by atoms with Crippen LogP contribution in [0.4, 0.5) is 0 Å². The zero-order valence-corrected chi connectivity index (χ0v) is 16.1. The van der Waals surface area contributed by atoms with Gasteiger partial charge in [-0.05, 0) is 43.7 Å². The highest BCUT2D eigenvalue weighted by Crippen LogP contribution is 2.37. The minimum atomic E-state index is 0.149. The number of nitrogens with one attached hydrogen (secondary N) is 1. The summed E-state index contributed by atoms with van der Waals surface area (Å²) >= 11 is 0. The van der Waals surface area contributed by atoms with Gasteiger partial charge >= 0.3 is 0 Å². The van der Waals surface area contributed by atoms with Crippen molar-refractivity contribution in [3.63, 3.8) is 0 Å². The van der Waals surface area contributed by atoms with Crippen molar-refractivity contribution in [2.45, 2.75) is 50.6 Å². The van der Waals surface area contributed by atoms with Gasteiger partial charge in [0.05, 0.1) is 6.33 Å². The Kier molecular flexibility index (Phi) is 4.45. The monoisotopic (exact) mass is 381 g/mol. The molecule has 0 radical (unpaired) electrons. The van der Waals surface area contributed by atoms with Gasteiger partial charge in [-0.25, -0.2) is 4.98 Å². The van der Waals surface area contributed by atoms with Crippen LogP contribution in [0.25, 0.3) is 0 Å². The van der Waals surface area contributed by atoms with Crippen LogP contribution >= 0.6 is 0 Å². The molecule has 0 aromatic carbocycles. The summed E-state index contributed by atoms with van der Waals surface area (Å²) < 4.78 is 2.15. The summed E-state index contributed by atoms with van der Waals surface area (Å²) in [6, 6.07) is 4.70. The van der Waals surface area contributed by atoms with Gasteiger partial charge in [-0.3, -0.25) is 9.59 Å². The number of rotatable bonds is 5. The van der Waals surface area contributed by atoms with Gasteiger partial charge in [0, 0.05) is 62.6 Å². The molecule has 0 unspecified atom stereocenters. The number of aromatic amines is 1. The third kappa shape index (κ3) is 3.23. The van der Waals surface area contributed by atoms with Crippen molar-refractivity contribution in [3.05, 3.63) is 42.2 Å². The number of fused-ring (bicyclic) bond motifs is 1. The Hall–Kier alpha value is -2.57. The lowest BCUT2D eigenvalue weighted by molar-refractivity contribution is -0.140. The Balaban J connectivity index is 1.26. The number of nitrogens with zero attached hydrogens (tertiary/aromatic N) is 4. The molecule has 148 valence electrons. The van der Waals surface area contributed by atoms with E-state index in [1.54, 1.807) is 6.33 Å². The van der Waals surface area contributed by atoms with Gasteiger partial charge in [-0.15, -0.1) is 0 Å². The molecule has 5 rings (SSSR count). The van der Waals surface area contributed by atoms with E-state index in [2.05, 4.69) is 19.4 Å². The van der Waals surface area contributed by atoms with Gasteiger partial charge in [-0.1, -0.05) is 0 Å². The Bertz CT molecular complexity index is 854. The van der Waals surface area contributed by atoms with Crippen LogP contribution in [0.5, 0.6) is 0 Å². The number of hydrogen-bond donors (Lipinski definition) is 1. The molecule has 28 heavy (non-hydrogen) atoms. The predicted molar refractivity (Wildman–Crippen MR) is 104 cm³/mol. The smallest absolute Gasteiger partial charge is 0.270 e. The number of likely N-dealkylation sites (tertiary alicyclic amines) is 2. The SMILES string of the molecule is O=C(c1cccn1C1CC1)N1CC[C@@H]2[C@@H](CCC(=O)N2CCc2cnc[nH]2)C1. The Morgan fingerprint density at radius 1 is 1.25 bits per heavy atom. The summed E-state index contributed by atoms with van der Waals surface area (Å²) in [6.07, 6.45) is 11.0. The first-order valence-corrected chi connectivity index (χ1v) is 10.4. The fraction of sp³-hybridized carbons (Fsp3) is 0.571. The summed E-state index contributed by atoms with van der Waals surface area (Å²) in [7, 11) is 0. The molecule has 2 saturated heterocycles. The van der Waals surface area contributed by atoms with Gasteiger partial charge in [0.25, 0.3) is 5.91 Å². The van der Waals surface area contributed by atoms with E-state index in [9.17, 15) is 9.59 Å². The van der Waals surface area contributed by atoms with Gasteiger partial charge < -0.3 is 19.4 Å². The fourth-order valence-electron chi connectivity index (χ4n) is 4.90. The molecule has 2 aromatic rings. The van der Waals surface area contributed by atoms with E-state index in [4.69, 9.17) is 0 Å². The molecule has 2 atom stereocenters. The van der Waals surface area contributed by atoms with Crippen LogP contribution in [0.3, 0.4) is 0 Å². The van der Waals surface area contributed by atoms with Crippen molar-refractivity contribution >= 4 is 11.8 Å². The predicted octanol–water partition coefficient (Wildman–Crippen LogP) is 2.24. The number of carbonyl (C=O) groups excluding carboxylic acids is 2. The highest BCUT2D eigenvalue weighted by molar-refractivity contribution is 5.93. The normalized spacial score (nSPS) is 25.1. The summed E-state index contributed by atoms with van der Waals surface area (Å²) in [5, 5.41) is 0. The van der Waals surface area contributed by atoms with Gasteiger partial charge in [0.1, 0.15) is 5.69 Å². The average molecular weight is 381 g/mol. The third-order valence-electron chi connectivity index (χ3n) is 6.55. The summed E-state index contributed by atoms with van der Waals surface area (Å²) in [5.41, 5.74) is 1.88. The van der Waals surface area contributed by atoms with Crippen molar-refractivity contribution in [3.8, 4) is 0 Å². The van der Waals surface area contributed by atoms with E-state index < -0.39 is 0 Å². The molecule has 2 amide bonds. The first kappa shape index (κ1) is 17.5. The Morgan fingerprint density at radius 3 is 2.93 bits per heavy atom. The highest BCUT2D eigenvalue weighted by Gasteiger charge is 2.41. The Labute approximate surface area is 164 Å². The van der Waals surface area contributed by atoms with Crippen molar-refractivity contribution < 1.29 is 9.59 Å². The summed E-state index contributed by atoms with van der Waals surface area (Å²) in [4.78, 5) is 36.9. The van der Waals surface area contributed by atoms with Crippen LogP contribution in [-0.4, -0.2) is 61.8 Å². The fourth-order valence-corrected chi connectivity index (χ4v) is 4.90. The largest absolute Gasteiger partial charge is 0.348 e. The van der Waals surface area contributed by atoms with Crippen LogP contribution in [0.2, 0.25) is 0 Å². The van der Waals surface area contributed by atoms with Crippen LogP contribution in [-0.2, 0) is 11.2 Å². The standard InChI is InChI=1S/C21H27N5O2/c27-20-6-3-15-13-24(21(28)19-2-1-9-25(19)17-4-5-17)10-8-18(15)26(20)11-7-16-12-22-14-23-16/h1-2,9,12,14-15,17-18H,3-8,10-11,13H2,(H,22,23)/t15-,18+/m0/s1. The molecule has 7 heteroatoms. The maximum atomic E-state index is 13.1. The molecule has 3 aliphatic rings. The molecule has 1 aliphatic carbocycles. The zero-order chi connectivity index (χ0) is 19.1. The summed E-state index contributed by atoms with van der Waals surface area (Å²) in [6.45, 7) is 2.21. The van der Waals surface area contributed by atoms with E-state index in [0.717, 1.165) is 50.3 Å². The van der Waals surface area contributed by atoms with Crippen molar-refractivity contribution in [2.75, 3.05) is 19.6 Å². The second-order valence-electron chi connectivity index (χ2n) is 8.35. The van der Waals surface area contributed by atoms with E-state index in [-0.39, 0.29) is 17.9 Å². The quantitative estimate of drug-likeness (QED) is 0.863. The molecular weight excluding hydrogens is 354 g/mol. The van der Waals surface area contributed by atoms with Crippen LogP contribution in [0, 0.1) is 5.92 Å². The molecule has 0 bridgehead atoms. The molecule has 1 N–H and O–H groups in total. The average Bonchev–Trinajstić information content (AvgIpc) is 3.21. The number of piperidine rings is 2. The molecular formula is C21H27N5O2. The van der Waals surface area contributed by atoms with Crippen molar-refractivity contribution in [2.24, 2.45) is 5.92 Å². The number of aromatic nitrogens is 3. The van der Waals surface area contributed by atoms with E-state index in [1.807, 2.05) is 29.4 Å². The second kappa shape index (κ2) is 7.11. The molecule has 3 fully saturated rings. The highest BCUT2D eigenvalue weighted by atomic mass is 16.2. The van der Waals surface area contributed by atoms with Gasteiger partial charge in [0.15, 0.2) is 0 Å². The molecule has 7 nitrogen and oxygen atoms in total. The summed E-state index contributed by atoms with van der Waals surface area (Å²) in [5.74, 6) is 0.779. The van der Waals surface area contributed by atoms with Crippen LogP contribution < -0.4 is 0 Å². The van der Waals surface area contributed by atoms with E-state index >= 15 is 0 Å². The topological polar surface area (TPSA) is 74.2 Å². The second-order valence-corrected chi connectivity index (χ2v) is 8.35. The molecule has 0 spiro atoms. The van der Waals surface area contributed by atoms with Crippen LogP contribution in [0.15, 0.2) is 30.9 Å². The van der Waals surface area contributed by atoms with Crippen LogP contribution in [0.1, 0.15) is 54.3 Å². The molecule has 4 heterocycles. The third-order valence-corrected chi connectivity index (χ3v) is 6.55. The van der Waals surface area contributed by atoms with Gasteiger partial charge in [-0.2, -0.15) is 0 Å². The molecule has 2 aromatic heterocycles. The first-order valence-electron chi connectivity index (χ1n) is 10.4. The minimum absolute atomic E-state index is 0.149. The van der Waals surface area contributed by atoms with E-state index in [0.29, 0.717) is 18.4 Å². The molecule has 1 saturated carbocycles. The number of amides is 2. The maximum Gasteiger partial charge on any atom is 0.270 e. The number of hydrogen-bond acceptors (Lipinski definition) is 3. The minimum Gasteiger partial charge on any atom is -0.348 e. The number of H-pyrrole nitrogens is 1.